The van der Waals surface area contributed by atoms with Crippen LogP contribution in [0.15, 0.2) is 24.4 Å². The standard InChI is InChI=1S/C16H26N4O2/c1-16(2,7-10-21)12-18-15(22)19-13-6-9-20(11-13)14-5-3-4-8-17-14/h3-5,8,13,21H,6-7,9-12H2,1-2H3,(H2,18,19,22). The van der Waals surface area contributed by atoms with Crippen molar-refractivity contribution in [3.63, 3.8) is 0 Å². The monoisotopic (exact) mass is 306 g/mol. The van der Waals surface area contributed by atoms with Crippen LogP contribution in [0.3, 0.4) is 0 Å². The van der Waals surface area contributed by atoms with E-state index < -0.39 is 0 Å². The van der Waals surface area contributed by atoms with Gasteiger partial charge >= 0.3 is 6.03 Å². The number of anilines is 1. The van der Waals surface area contributed by atoms with Crippen LogP contribution in [0.25, 0.3) is 0 Å². The summed E-state index contributed by atoms with van der Waals surface area (Å²) in [5.41, 5.74) is -0.0955. The second-order valence-corrected chi connectivity index (χ2v) is 6.58. The number of aliphatic hydroxyl groups excluding tert-OH is 1. The molecule has 1 aromatic heterocycles. The summed E-state index contributed by atoms with van der Waals surface area (Å²) in [6, 6.07) is 5.86. The largest absolute Gasteiger partial charge is 0.396 e. The van der Waals surface area contributed by atoms with E-state index in [-0.39, 0.29) is 24.1 Å². The Morgan fingerprint density at radius 3 is 3.00 bits per heavy atom. The zero-order valence-corrected chi connectivity index (χ0v) is 13.4. The molecule has 6 heteroatoms. The van der Waals surface area contributed by atoms with Crippen molar-refractivity contribution < 1.29 is 9.90 Å². The van der Waals surface area contributed by atoms with Crippen LogP contribution >= 0.6 is 0 Å². The van der Waals surface area contributed by atoms with Crippen LogP contribution in [0.5, 0.6) is 0 Å². The van der Waals surface area contributed by atoms with E-state index in [2.05, 4.69) is 20.5 Å². The van der Waals surface area contributed by atoms with Crippen molar-refractivity contribution in [2.24, 2.45) is 5.41 Å². The van der Waals surface area contributed by atoms with Crippen LogP contribution in [-0.4, -0.2) is 48.4 Å². The van der Waals surface area contributed by atoms with Crippen LogP contribution in [-0.2, 0) is 0 Å². The van der Waals surface area contributed by atoms with E-state index in [1.165, 1.54) is 0 Å². The summed E-state index contributed by atoms with van der Waals surface area (Å²) >= 11 is 0. The number of carbonyl (C=O) groups excluding carboxylic acids is 1. The molecule has 0 saturated carbocycles. The molecule has 2 heterocycles. The summed E-state index contributed by atoms with van der Waals surface area (Å²) in [6.07, 6.45) is 3.38. The lowest BCUT2D eigenvalue weighted by molar-refractivity contribution is 0.200. The maximum atomic E-state index is 12.0. The predicted octanol–water partition coefficient (Wildman–Crippen LogP) is 1.37. The molecule has 6 nitrogen and oxygen atoms in total. The summed E-state index contributed by atoms with van der Waals surface area (Å²) in [5, 5.41) is 14.9. The van der Waals surface area contributed by atoms with Crippen molar-refractivity contribution in [3.8, 4) is 0 Å². The number of rotatable bonds is 6. The van der Waals surface area contributed by atoms with Crippen LogP contribution in [0.2, 0.25) is 0 Å². The first kappa shape index (κ1) is 16.5. The Morgan fingerprint density at radius 2 is 2.32 bits per heavy atom. The molecule has 0 aliphatic carbocycles. The Kier molecular flexibility index (Phi) is 5.60. The van der Waals surface area contributed by atoms with E-state index in [1.807, 2.05) is 32.0 Å². The van der Waals surface area contributed by atoms with Gasteiger partial charge < -0.3 is 20.6 Å². The van der Waals surface area contributed by atoms with Crippen molar-refractivity contribution >= 4 is 11.8 Å². The molecule has 1 fully saturated rings. The molecule has 0 spiro atoms. The van der Waals surface area contributed by atoms with Gasteiger partial charge in [0.05, 0.1) is 0 Å². The highest BCUT2D eigenvalue weighted by molar-refractivity contribution is 5.74. The third kappa shape index (κ3) is 4.87. The Morgan fingerprint density at radius 1 is 1.50 bits per heavy atom. The Balaban J connectivity index is 1.74. The Hall–Kier alpha value is -1.82. The van der Waals surface area contributed by atoms with E-state index >= 15 is 0 Å². The highest BCUT2D eigenvalue weighted by Crippen LogP contribution is 2.19. The zero-order chi connectivity index (χ0) is 16.0. The molecule has 1 saturated heterocycles. The summed E-state index contributed by atoms with van der Waals surface area (Å²) in [4.78, 5) is 18.5. The smallest absolute Gasteiger partial charge is 0.315 e. The van der Waals surface area contributed by atoms with Crippen LogP contribution in [0.1, 0.15) is 26.7 Å². The number of nitrogens with one attached hydrogen (secondary N) is 2. The van der Waals surface area contributed by atoms with Gasteiger partial charge in [-0.3, -0.25) is 0 Å². The van der Waals surface area contributed by atoms with Gasteiger partial charge in [0.25, 0.3) is 0 Å². The number of pyridine rings is 1. The molecule has 1 aliphatic rings. The van der Waals surface area contributed by atoms with Crippen molar-refractivity contribution in [3.05, 3.63) is 24.4 Å². The average Bonchev–Trinajstić information content (AvgIpc) is 2.95. The van der Waals surface area contributed by atoms with Crippen LogP contribution in [0.4, 0.5) is 10.6 Å². The van der Waals surface area contributed by atoms with Crippen molar-refractivity contribution in [2.75, 3.05) is 31.1 Å². The third-order valence-corrected chi connectivity index (χ3v) is 4.01. The second-order valence-electron chi connectivity index (χ2n) is 6.58. The first-order valence-corrected chi connectivity index (χ1v) is 7.81. The predicted molar refractivity (Wildman–Crippen MR) is 86.9 cm³/mol. The molecule has 1 aromatic rings. The Bertz CT molecular complexity index is 478. The average molecular weight is 306 g/mol. The summed E-state index contributed by atoms with van der Waals surface area (Å²) in [5.74, 6) is 0.955. The van der Waals surface area contributed by atoms with Gasteiger partial charge in [0.15, 0.2) is 0 Å². The van der Waals surface area contributed by atoms with E-state index in [0.717, 1.165) is 25.3 Å². The molecule has 2 amide bonds. The normalized spacial score (nSPS) is 18.3. The van der Waals surface area contributed by atoms with Gasteiger partial charge in [0, 0.05) is 38.5 Å². The quantitative estimate of drug-likeness (QED) is 0.742. The number of nitrogens with zero attached hydrogens (tertiary/aromatic N) is 2. The molecular weight excluding hydrogens is 280 g/mol. The maximum absolute atomic E-state index is 12.0. The number of amides is 2. The second kappa shape index (κ2) is 7.45. The number of aliphatic hydroxyl groups is 1. The molecule has 3 N–H and O–H groups in total. The number of urea groups is 1. The minimum Gasteiger partial charge on any atom is -0.396 e. The first-order chi connectivity index (χ1) is 10.5. The van der Waals surface area contributed by atoms with E-state index in [9.17, 15) is 4.79 Å². The number of hydrogen-bond acceptors (Lipinski definition) is 4. The Labute approximate surface area is 131 Å². The number of carbonyl (C=O) groups is 1. The lowest BCUT2D eigenvalue weighted by atomic mass is 9.90. The fourth-order valence-corrected chi connectivity index (χ4v) is 2.57. The molecule has 122 valence electrons. The van der Waals surface area contributed by atoms with Gasteiger partial charge in [-0.25, -0.2) is 9.78 Å². The fraction of sp³-hybridized carbons (Fsp3) is 0.625. The molecule has 1 unspecified atom stereocenters. The molecular formula is C16H26N4O2. The SMILES string of the molecule is CC(C)(CCO)CNC(=O)NC1CCN(c2ccccn2)C1. The third-order valence-electron chi connectivity index (χ3n) is 4.01. The van der Waals surface area contributed by atoms with Gasteiger partial charge in [-0.05, 0) is 30.4 Å². The zero-order valence-electron chi connectivity index (χ0n) is 13.4. The fourth-order valence-electron chi connectivity index (χ4n) is 2.57. The molecule has 0 aromatic carbocycles. The summed E-state index contributed by atoms with van der Waals surface area (Å²) in [7, 11) is 0. The van der Waals surface area contributed by atoms with Crippen LogP contribution in [0, 0.1) is 5.41 Å². The maximum Gasteiger partial charge on any atom is 0.315 e. The highest BCUT2D eigenvalue weighted by atomic mass is 16.3. The first-order valence-electron chi connectivity index (χ1n) is 7.81. The van der Waals surface area contributed by atoms with Crippen molar-refractivity contribution in [2.45, 2.75) is 32.7 Å². The topological polar surface area (TPSA) is 77.5 Å². The minimum atomic E-state index is -0.140. The van der Waals surface area contributed by atoms with E-state index in [0.29, 0.717) is 13.0 Å². The van der Waals surface area contributed by atoms with E-state index in [1.54, 1.807) is 6.20 Å². The van der Waals surface area contributed by atoms with Gasteiger partial charge in [0.1, 0.15) is 5.82 Å². The molecule has 2 rings (SSSR count). The molecule has 0 radical (unpaired) electrons. The van der Waals surface area contributed by atoms with Crippen molar-refractivity contribution in [1.82, 2.24) is 15.6 Å². The lowest BCUT2D eigenvalue weighted by Gasteiger charge is -2.24. The molecule has 0 bridgehead atoms. The minimum absolute atomic E-state index is 0.0955. The molecule has 22 heavy (non-hydrogen) atoms. The number of hydrogen-bond donors (Lipinski definition) is 3. The molecule has 1 atom stereocenters. The highest BCUT2D eigenvalue weighted by Gasteiger charge is 2.25. The summed E-state index contributed by atoms with van der Waals surface area (Å²) < 4.78 is 0. The molecule has 1 aliphatic heterocycles. The summed E-state index contributed by atoms with van der Waals surface area (Å²) in [6.45, 7) is 6.43. The van der Waals surface area contributed by atoms with E-state index in [4.69, 9.17) is 5.11 Å². The van der Waals surface area contributed by atoms with Crippen LogP contribution < -0.4 is 15.5 Å². The van der Waals surface area contributed by atoms with Crippen molar-refractivity contribution in [1.29, 1.82) is 0 Å². The van der Waals surface area contributed by atoms with Gasteiger partial charge in [0.2, 0.25) is 0 Å². The van der Waals surface area contributed by atoms with Gasteiger partial charge in [-0.2, -0.15) is 0 Å². The number of aromatic nitrogens is 1. The lowest BCUT2D eigenvalue weighted by Crippen LogP contribution is -2.46. The van der Waals surface area contributed by atoms with Gasteiger partial charge in [-0.15, -0.1) is 0 Å². The van der Waals surface area contributed by atoms with Gasteiger partial charge in [-0.1, -0.05) is 19.9 Å².